The van der Waals surface area contributed by atoms with Crippen LogP contribution >= 0.6 is 0 Å². The Bertz CT molecular complexity index is 818. The number of benzene rings is 1. The summed E-state index contributed by atoms with van der Waals surface area (Å²) < 4.78 is 5.16. The molecular formula is C23H35N5O2+2. The number of rotatable bonds is 6. The molecule has 0 aliphatic carbocycles. The van der Waals surface area contributed by atoms with Gasteiger partial charge in [-0.05, 0) is 49.9 Å². The molecule has 0 saturated carbocycles. The number of nitrogens with one attached hydrogen (secondary N) is 3. The Kier molecular flexibility index (Phi) is 6.69. The van der Waals surface area contributed by atoms with E-state index in [1.165, 1.54) is 28.3 Å². The van der Waals surface area contributed by atoms with Gasteiger partial charge in [0, 0.05) is 30.5 Å². The molecule has 0 atom stereocenters. The summed E-state index contributed by atoms with van der Waals surface area (Å²) in [5, 5.41) is 7.17. The van der Waals surface area contributed by atoms with Crippen molar-refractivity contribution >= 4 is 17.3 Å². The number of quaternary nitrogens is 2. The van der Waals surface area contributed by atoms with Crippen LogP contribution in [0.2, 0.25) is 0 Å². The third-order valence-electron chi connectivity index (χ3n) is 6.48. The van der Waals surface area contributed by atoms with Crippen LogP contribution in [0.5, 0.6) is 0 Å². The van der Waals surface area contributed by atoms with Crippen LogP contribution in [0.15, 0.2) is 34.9 Å². The maximum atomic E-state index is 12.5. The molecule has 1 aromatic carbocycles. The first-order chi connectivity index (χ1) is 14.5. The Hall–Kier alpha value is -2.38. The van der Waals surface area contributed by atoms with E-state index in [-0.39, 0.29) is 5.91 Å². The van der Waals surface area contributed by atoms with Gasteiger partial charge in [-0.15, -0.1) is 0 Å². The first-order valence-corrected chi connectivity index (χ1v) is 11.3. The maximum Gasteiger partial charge on any atom is 0.279 e. The molecule has 1 amide bonds. The number of piperazine rings is 1. The van der Waals surface area contributed by atoms with E-state index in [1.54, 1.807) is 0 Å². The van der Waals surface area contributed by atoms with E-state index in [0.29, 0.717) is 6.54 Å². The van der Waals surface area contributed by atoms with E-state index in [4.69, 9.17) is 4.52 Å². The third-order valence-corrected chi connectivity index (χ3v) is 6.48. The Balaban J connectivity index is 1.19. The van der Waals surface area contributed by atoms with Gasteiger partial charge in [-0.2, -0.15) is 0 Å². The SMILES string of the molecule is Cc1cc(C[NH+]2CC[NH+](CC(=O)Nc3ccc(N4CCC(C)CC4)cc3)CC2)no1. The number of amides is 1. The molecule has 7 nitrogen and oxygen atoms in total. The van der Waals surface area contributed by atoms with E-state index in [2.05, 4.69) is 34.4 Å². The smallest absolute Gasteiger partial charge is 0.279 e. The largest absolute Gasteiger partial charge is 0.372 e. The number of aromatic nitrogens is 1. The summed E-state index contributed by atoms with van der Waals surface area (Å²) in [6.45, 7) is 12.1. The molecule has 2 aliphatic heterocycles. The predicted octanol–water partition coefficient (Wildman–Crippen LogP) is 0.141. The van der Waals surface area contributed by atoms with E-state index >= 15 is 0 Å². The van der Waals surface area contributed by atoms with Crippen molar-refractivity contribution in [2.24, 2.45) is 5.92 Å². The number of nitrogens with zero attached hydrogens (tertiary/aromatic N) is 2. The third kappa shape index (κ3) is 5.61. The second kappa shape index (κ2) is 9.62. The lowest BCUT2D eigenvalue weighted by molar-refractivity contribution is -1.02. The van der Waals surface area contributed by atoms with Gasteiger partial charge in [0.25, 0.3) is 5.91 Å². The molecule has 0 radical (unpaired) electrons. The highest BCUT2D eigenvalue weighted by Gasteiger charge is 2.25. The Morgan fingerprint density at radius 1 is 1.13 bits per heavy atom. The average Bonchev–Trinajstić information content (AvgIpc) is 3.15. The summed E-state index contributed by atoms with van der Waals surface area (Å²) in [7, 11) is 0. The van der Waals surface area contributed by atoms with E-state index in [9.17, 15) is 4.79 Å². The average molecular weight is 414 g/mol. The van der Waals surface area contributed by atoms with Gasteiger partial charge in [-0.1, -0.05) is 12.1 Å². The summed E-state index contributed by atoms with van der Waals surface area (Å²) >= 11 is 0. The zero-order valence-corrected chi connectivity index (χ0v) is 18.2. The van der Waals surface area contributed by atoms with Gasteiger partial charge in [0.2, 0.25) is 0 Å². The van der Waals surface area contributed by atoms with Crippen LogP contribution in [0.1, 0.15) is 31.2 Å². The van der Waals surface area contributed by atoms with Gasteiger partial charge in [0.15, 0.2) is 6.54 Å². The number of carbonyl (C=O) groups excluding carboxylic acids is 1. The van der Waals surface area contributed by atoms with Crippen molar-refractivity contribution in [1.82, 2.24) is 5.16 Å². The molecule has 30 heavy (non-hydrogen) atoms. The van der Waals surface area contributed by atoms with Crippen molar-refractivity contribution in [3.63, 3.8) is 0 Å². The van der Waals surface area contributed by atoms with Crippen molar-refractivity contribution in [3.8, 4) is 0 Å². The molecule has 3 heterocycles. The fourth-order valence-electron chi connectivity index (χ4n) is 4.52. The second-order valence-electron chi connectivity index (χ2n) is 9.05. The van der Waals surface area contributed by atoms with E-state index in [0.717, 1.165) is 68.9 Å². The van der Waals surface area contributed by atoms with Crippen LogP contribution in [0, 0.1) is 12.8 Å². The van der Waals surface area contributed by atoms with Crippen molar-refractivity contribution in [3.05, 3.63) is 41.8 Å². The number of carbonyl (C=O) groups is 1. The fourth-order valence-corrected chi connectivity index (χ4v) is 4.52. The van der Waals surface area contributed by atoms with Gasteiger partial charge in [0.1, 0.15) is 44.2 Å². The lowest BCUT2D eigenvalue weighted by Gasteiger charge is -2.32. The fraction of sp³-hybridized carbons (Fsp3) is 0.565. The normalized spacial score (nSPS) is 22.8. The minimum absolute atomic E-state index is 0.0973. The minimum atomic E-state index is 0.0973. The van der Waals surface area contributed by atoms with Gasteiger partial charge >= 0.3 is 0 Å². The van der Waals surface area contributed by atoms with Crippen LogP contribution in [-0.4, -0.2) is 56.9 Å². The summed E-state index contributed by atoms with van der Waals surface area (Å²) in [5.41, 5.74) is 3.16. The van der Waals surface area contributed by atoms with Gasteiger partial charge in [-0.25, -0.2) is 0 Å². The monoisotopic (exact) mass is 413 g/mol. The highest BCUT2D eigenvalue weighted by atomic mass is 16.5. The molecule has 1 aromatic heterocycles. The standard InChI is InChI=1S/C23H33N5O2/c1-18-7-9-28(10-8-18)22-5-3-20(4-6-22)24-23(29)17-27-13-11-26(12-14-27)16-21-15-19(2)30-25-21/h3-6,15,18H,7-14,16-17H2,1-2H3,(H,24,29)/p+2. The zero-order valence-electron chi connectivity index (χ0n) is 18.2. The van der Waals surface area contributed by atoms with Crippen LogP contribution in [0.4, 0.5) is 11.4 Å². The summed E-state index contributed by atoms with van der Waals surface area (Å²) in [6.07, 6.45) is 2.52. The molecule has 2 saturated heterocycles. The van der Waals surface area contributed by atoms with Crippen molar-refractivity contribution in [2.45, 2.75) is 33.2 Å². The summed E-state index contributed by atoms with van der Waals surface area (Å²) in [5.74, 6) is 1.79. The zero-order chi connectivity index (χ0) is 20.9. The minimum Gasteiger partial charge on any atom is -0.372 e. The second-order valence-corrected chi connectivity index (χ2v) is 9.05. The molecule has 3 N–H and O–H groups in total. The highest BCUT2D eigenvalue weighted by Crippen LogP contribution is 2.24. The lowest BCUT2D eigenvalue weighted by Crippen LogP contribution is -3.28. The molecule has 2 aliphatic rings. The molecule has 0 spiro atoms. The van der Waals surface area contributed by atoms with Gasteiger partial charge in [0.05, 0.1) is 0 Å². The Morgan fingerprint density at radius 3 is 2.43 bits per heavy atom. The van der Waals surface area contributed by atoms with Crippen molar-refractivity contribution in [2.75, 3.05) is 56.0 Å². The van der Waals surface area contributed by atoms with Crippen molar-refractivity contribution in [1.29, 1.82) is 0 Å². The number of piperidine rings is 1. The predicted molar refractivity (Wildman–Crippen MR) is 117 cm³/mol. The number of aryl methyl sites for hydroxylation is 1. The van der Waals surface area contributed by atoms with Gasteiger partial charge in [-0.3, -0.25) is 4.79 Å². The summed E-state index contributed by atoms with van der Waals surface area (Å²) in [4.78, 5) is 17.8. The molecule has 2 aromatic rings. The summed E-state index contributed by atoms with van der Waals surface area (Å²) in [6, 6.07) is 10.3. The number of anilines is 2. The van der Waals surface area contributed by atoms with Crippen LogP contribution in [0.3, 0.4) is 0 Å². The topological polar surface area (TPSA) is 67.2 Å². The van der Waals surface area contributed by atoms with E-state index < -0.39 is 0 Å². The first kappa shape index (κ1) is 20.9. The first-order valence-electron chi connectivity index (χ1n) is 11.3. The molecular weight excluding hydrogens is 378 g/mol. The number of hydrogen-bond acceptors (Lipinski definition) is 4. The Labute approximate surface area is 179 Å². The van der Waals surface area contributed by atoms with Crippen LogP contribution in [-0.2, 0) is 11.3 Å². The molecule has 4 rings (SSSR count). The Morgan fingerprint density at radius 2 is 1.80 bits per heavy atom. The maximum absolute atomic E-state index is 12.5. The molecule has 162 valence electrons. The van der Waals surface area contributed by atoms with Gasteiger partial charge < -0.3 is 24.5 Å². The molecule has 7 heteroatoms. The van der Waals surface area contributed by atoms with E-state index in [1.807, 2.05) is 25.1 Å². The molecule has 0 unspecified atom stereocenters. The number of hydrogen-bond donors (Lipinski definition) is 3. The van der Waals surface area contributed by atoms with Crippen molar-refractivity contribution < 1.29 is 19.1 Å². The highest BCUT2D eigenvalue weighted by molar-refractivity contribution is 5.91. The lowest BCUT2D eigenvalue weighted by atomic mass is 9.99. The molecule has 0 bridgehead atoms. The van der Waals surface area contributed by atoms with Crippen LogP contribution in [0.25, 0.3) is 0 Å². The quantitative estimate of drug-likeness (QED) is 0.630. The molecule has 2 fully saturated rings. The van der Waals surface area contributed by atoms with Crippen LogP contribution < -0.4 is 20.0 Å².